The number of thiazole rings is 1. The SMILES string of the molecule is CCOC(=O)C1=C(C)N=c2s/c(=C/c3cc(Br)cc(OC)c3OC(C)C)c(=O)n2[C@@H]1c1ccc(OCC(=O)OC)c(OCC)c1. The lowest BCUT2D eigenvalue weighted by atomic mass is 9.95. The molecule has 0 amide bonds. The van der Waals surface area contributed by atoms with Gasteiger partial charge in [-0.2, -0.15) is 0 Å². The van der Waals surface area contributed by atoms with Crippen LogP contribution in [0.2, 0.25) is 0 Å². The van der Waals surface area contributed by atoms with Gasteiger partial charge in [-0.1, -0.05) is 33.3 Å². The molecule has 1 atom stereocenters. The van der Waals surface area contributed by atoms with E-state index in [2.05, 4.69) is 25.7 Å². The molecule has 0 unspecified atom stereocenters. The van der Waals surface area contributed by atoms with Crippen LogP contribution in [-0.2, 0) is 19.1 Å². The summed E-state index contributed by atoms with van der Waals surface area (Å²) < 4.78 is 35.8. The Morgan fingerprint density at radius 3 is 2.47 bits per heavy atom. The van der Waals surface area contributed by atoms with Crippen LogP contribution < -0.4 is 33.8 Å². The van der Waals surface area contributed by atoms with Crippen molar-refractivity contribution >= 4 is 45.3 Å². The molecule has 4 rings (SSSR count). The molecule has 0 saturated heterocycles. The average molecular weight is 704 g/mol. The van der Waals surface area contributed by atoms with Crippen molar-refractivity contribution in [1.29, 1.82) is 0 Å². The Hall–Kier alpha value is -4.10. The number of aromatic nitrogens is 1. The predicted molar refractivity (Wildman–Crippen MR) is 172 cm³/mol. The van der Waals surface area contributed by atoms with Crippen LogP contribution in [0.15, 0.2) is 55.9 Å². The highest BCUT2D eigenvalue weighted by Gasteiger charge is 2.34. The van der Waals surface area contributed by atoms with Gasteiger partial charge in [0.2, 0.25) is 0 Å². The number of ether oxygens (including phenoxy) is 6. The van der Waals surface area contributed by atoms with Crippen molar-refractivity contribution in [3.63, 3.8) is 0 Å². The van der Waals surface area contributed by atoms with Crippen LogP contribution in [0.4, 0.5) is 0 Å². The maximum Gasteiger partial charge on any atom is 0.343 e. The summed E-state index contributed by atoms with van der Waals surface area (Å²) in [5.74, 6) is 0.487. The van der Waals surface area contributed by atoms with Crippen molar-refractivity contribution in [2.24, 2.45) is 4.99 Å². The number of benzene rings is 2. The maximum absolute atomic E-state index is 14.2. The topological polar surface area (TPSA) is 124 Å². The molecule has 1 aliphatic heterocycles. The third kappa shape index (κ3) is 7.42. The van der Waals surface area contributed by atoms with Gasteiger partial charge >= 0.3 is 11.9 Å². The maximum atomic E-state index is 14.2. The number of carbonyl (C=O) groups excluding carboxylic acids is 2. The lowest BCUT2D eigenvalue weighted by molar-refractivity contribution is -0.143. The number of fused-ring (bicyclic) bond motifs is 1. The van der Waals surface area contributed by atoms with E-state index in [9.17, 15) is 14.4 Å². The molecular formula is C32H35BrN2O9S. The number of hydrogen-bond acceptors (Lipinski definition) is 11. The van der Waals surface area contributed by atoms with Crippen LogP contribution in [0, 0.1) is 0 Å². The normalized spacial score (nSPS) is 14.5. The lowest BCUT2D eigenvalue weighted by Gasteiger charge is -2.25. The van der Waals surface area contributed by atoms with Gasteiger partial charge < -0.3 is 28.4 Å². The molecule has 13 heteroatoms. The minimum atomic E-state index is -0.889. The molecule has 0 saturated carbocycles. The standard InChI is InChI=1S/C32H35BrN2O9S/c1-8-41-23-13-19(10-11-22(23)43-16-26(36)40-7)28-27(31(38)42-9-2)18(5)34-32-35(28)30(37)25(45-32)14-20-12-21(33)15-24(39-6)29(20)44-17(3)4/h10-15,17,28H,8-9,16H2,1-7H3/b25-14+/t28-/m1/s1. The molecule has 1 aliphatic rings. The smallest absolute Gasteiger partial charge is 0.343 e. The summed E-state index contributed by atoms with van der Waals surface area (Å²) in [6.45, 7) is 9.16. The number of hydrogen-bond donors (Lipinski definition) is 0. The Kier molecular flexibility index (Phi) is 11.1. The quantitative estimate of drug-likeness (QED) is 0.254. The minimum absolute atomic E-state index is 0.139. The van der Waals surface area contributed by atoms with Crippen LogP contribution in [0.5, 0.6) is 23.0 Å². The summed E-state index contributed by atoms with van der Waals surface area (Å²) in [5, 5.41) is 0. The highest BCUT2D eigenvalue weighted by Crippen LogP contribution is 2.38. The van der Waals surface area contributed by atoms with E-state index < -0.39 is 18.0 Å². The van der Waals surface area contributed by atoms with Crippen molar-refractivity contribution in [1.82, 2.24) is 4.57 Å². The largest absolute Gasteiger partial charge is 0.493 e. The van der Waals surface area contributed by atoms with E-state index in [1.54, 1.807) is 51.3 Å². The Morgan fingerprint density at radius 1 is 1.07 bits per heavy atom. The summed E-state index contributed by atoms with van der Waals surface area (Å²) in [6, 6.07) is 7.76. The molecule has 3 aromatic rings. The highest BCUT2D eigenvalue weighted by molar-refractivity contribution is 9.10. The first-order valence-electron chi connectivity index (χ1n) is 14.2. The molecule has 0 bridgehead atoms. The first-order valence-corrected chi connectivity index (χ1v) is 15.8. The van der Waals surface area contributed by atoms with Crippen LogP contribution in [0.1, 0.15) is 51.8 Å². The van der Waals surface area contributed by atoms with Gasteiger partial charge in [0.1, 0.15) is 0 Å². The van der Waals surface area contributed by atoms with Crippen LogP contribution >= 0.6 is 27.3 Å². The fourth-order valence-electron chi connectivity index (χ4n) is 4.74. The number of rotatable bonds is 12. The minimum Gasteiger partial charge on any atom is -0.493 e. The Morgan fingerprint density at radius 2 is 1.82 bits per heavy atom. The molecule has 2 heterocycles. The van der Waals surface area contributed by atoms with E-state index >= 15 is 0 Å². The highest BCUT2D eigenvalue weighted by atomic mass is 79.9. The number of nitrogens with zero attached hydrogens (tertiary/aromatic N) is 2. The van der Waals surface area contributed by atoms with Gasteiger partial charge in [0.15, 0.2) is 34.4 Å². The summed E-state index contributed by atoms with van der Waals surface area (Å²) >= 11 is 4.71. The lowest BCUT2D eigenvalue weighted by Crippen LogP contribution is -2.40. The second-order valence-electron chi connectivity index (χ2n) is 10.00. The van der Waals surface area contributed by atoms with Crippen LogP contribution in [0.3, 0.4) is 0 Å². The van der Waals surface area contributed by atoms with E-state index in [-0.39, 0.29) is 30.5 Å². The van der Waals surface area contributed by atoms with Crippen LogP contribution in [-0.4, -0.2) is 56.6 Å². The molecule has 45 heavy (non-hydrogen) atoms. The predicted octanol–water partition coefficient (Wildman–Crippen LogP) is 4.31. The summed E-state index contributed by atoms with van der Waals surface area (Å²) in [7, 11) is 2.82. The molecule has 0 aliphatic carbocycles. The zero-order valence-electron chi connectivity index (χ0n) is 26.1. The first kappa shape index (κ1) is 33.8. The third-order valence-corrected chi connectivity index (χ3v) is 8.02. The second kappa shape index (κ2) is 14.8. The first-order chi connectivity index (χ1) is 21.5. The van der Waals surface area contributed by atoms with Gasteiger partial charge in [-0.3, -0.25) is 9.36 Å². The summed E-state index contributed by atoms with van der Waals surface area (Å²) in [5.41, 5.74) is 1.46. The van der Waals surface area contributed by atoms with Gasteiger partial charge in [-0.05, 0) is 70.5 Å². The number of carbonyl (C=O) groups is 2. The molecule has 2 aromatic carbocycles. The van der Waals surface area contributed by atoms with Gasteiger partial charge in [-0.25, -0.2) is 14.6 Å². The van der Waals surface area contributed by atoms with Gasteiger partial charge in [0, 0.05) is 10.0 Å². The molecule has 0 N–H and O–H groups in total. The second-order valence-corrected chi connectivity index (χ2v) is 11.9. The molecule has 11 nitrogen and oxygen atoms in total. The summed E-state index contributed by atoms with van der Waals surface area (Å²) in [4.78, 5) is 44.3. The Bertz CT molecular complexity index is 1810. The average Bonchev–Trinajstić information content (AvgIpc) is 3.30. The zero-order valence-corrected chi connectivity index (χ0v) is 28.5. The third-order valence-electron chi connectivity index (χ3n) is 6.58. The monoisotopic (exact) mass is 702 g/mol. The molecule has 240 valence electrons. The van der Waals surface area contributed by atoms with Gasteiger partial charge in [0.25, 0.3) is 5.56 Å². The molecule has 0 fully saturated rings. The van der Waals surface area contributed by atoms with Gasteiger partial charge in [0.05, 0.1) is 55.4 Å². The van der Waals surface area contributed by atoms with E-state index in [4.69, 9.17) is 23.7 Å². The van der Waals surface area contributed by atoms with E-state index in [1.165, 1.54) is 23.0 Å². The molecule has 0 radical (unpaired) electrons. The summed E-state index contributed by atoms with van der Waals surface area (Å²) in [6.07, 6.45) is 1.58. The van der Waals surface area contributed by atoms with E-state index in [1.807, 2.05) is 26.8 Å². The molecule has 1 aromatic heterocycles. The van der Waals surface area contributed by atoms with E-state index in [0.29, 0.717) is 55.8 Å². The zero-order chi connectivity index (χ0) is 32.8. The fourth-order valence-corrected chi connectivity index (χ4v) is 6.23. The van der Waals surface area contributed by atoms with Gasteiger partial charge in [-0.15, -0.1) is 0 Å². The van der Waals surface area contributed by atoms with Crippen molar-refractivity contribution in [3.05, 3.63) is 76.9 Å². The molecule has 0 spiro atoms. The Labute approximate surface area is 272 Å². The van der Waals surface area contributed by atoms with E-state index in [0.717, 1.165) is 4.47 Å². The van der Waals surface area contributed by atoms with Crippen molar-refractivity contribution in [3.8, 4) is 23.0 Å². The Balaban J connectivity index is 1.95. The number of esters is 2. The van der Waals surface area contributed by atoms with Crippen molar-refractivity contribution < 1.29 is 38.0 Å². The number of allylic oxidation sites excluding steroid dienone is 1. The number of methoxy groups -OCH3 is 2. The fraction of sp³-hybridized carbons (Fsp3) is 0.375. The van der Waals surface area contributed by atoms with Crippen molar-refractivity contribution in [2.75, 3.05) is 34.0 Å². The van der Waals surface area contributed by atoms with Crippen molar-refractivity contribution in [2.45, 2.75) is 46.8 Å². The van der Waals surface area contributed by atoms with Crippen LogP contribution in [0.25, 0.3) is 6.08 Å². The molecular weight excluding hydrogens is 668 g/mol. The number of halogens is 1.